The van der Waals surface area contributed by atoms with Crippen LogP contribution in [0.2, 0.25) is 0 Å². The zero-order valence-electron chi connectivity index (χ0n) is 24.1. The summed E-state index contributed by atoms with van der Waals surface area (Å²) in [6, 6.07) is -3.33. The summed E-state index contributed by atoms with van der Waals surface area (Å²) in [5, 5.41) is 57.8. The Bertz CT molecular complexity index is 817. The van der Waals surface area contributed by atoms with Crippen molar-refractivity contribution >= 4 is 41.8 Å². The van der Waals surface area contributed by atoms with E-state index in [-0.39, 0.29) is 25.3 Å². The summed E-state index contributed by atoms with van der Waals surface area (Å²) in [6.45, 7) is 2.23. The fourth-order valence-electron chi connectivity index (χ4n) is 1.70. The Morgan fingerprint density at radius 2 is 1.00 bits per heavy atom. The molecule has 0 aliphatic carbocycles. The number of rotatable bonds is 16. The molecule has 0 saturated heterocycles. The van der Waals surface area contributed by atoms with Gasteiger partial charge in [-0.05, 0) is 45.6 Å². The van der Waals surface area contributed by atoms with Crippen LogP contribution in [0.3, 0.4) is 0 Å². The van der Waals surface area contributed by atoms with Gasteiger partial charge in [-0.25, -0.2) is 0 Å². The van der Waals surface area contributed by atoms with Crippen molar-refractivity contribution in [3.05, 3.63) is 0 Å². The second kappa shape index (κ2) is 32.4. The molecule has 43 heavy (non-hydrogen) atoms. The molecule has 0 aromatic carbocycles. The van der Waals surface area contributed by atoms with E-state index in [1.807, 2.05) is 0 Å². The number of guanidine groups is 1. The van der Waals surface area contributed by atoms with Crippen molar-refractivity contribution in [3.63, 3.8) is 0 Å². The van der Waals surface area contributed by atoms with Crippen LogP contribution < -0.4 is 45.5 Å². The maximum absolute atomic E-state index is 10.2. The highest BCUT2D eigenvalue weighted by Gasteiger charge is 2.12. The zero-order chi connectivity index (χ0) is 35.1. The van der Waals surface area contributed by atoms with E-state index >= 15 is 0 Å². The Labute approximate surface area is 248 Å². The molecule has 0 fully saturated rings. The van der Waals surface area contributed by atoms with Crippen LogP contribution in [0.4, 0.5) is 0 Å². The first kappa shape index (κ1) is 48.6. The number of nitrogens with two attached hydrogens (primary N) is 7. The van der Waals surface area contributed by atoms with Gasteiger partial charge in [-0.15, -0.1) is 0 Å². The lowest BCUT2D eigenvalue weighted by Crippen LogP contribution is -2.34. The van der Waals surface area contributed by atoms with Gasteiger partial charge in [-0.1, -0.05) is 6.42 Å². The highest BCUT2D eigenvalue weighted by Crippen LogP contribution is 1.97. The van der Waals surface area contributed by atoms with Crippen LogP contribution in [-0.2, 0) is 28.8 Å². The maximum Gasteiger partial charge on any atom is 0.320 e. The largest absolute Gasteiger partial charge is 0.481 e. The Morgan fingerprint density at radius 3 is 1.26 bits per heavy atom. The van der Waals surface area contributed by atoms with Crippen molar-refractivity contribution in [2.45, 2.75) is 76.0 Å². The van der Waals surface area contributed by atoms with Gasteiger partial charge in [0.05, 0.1) is 6.54 Å². The minimum atomic E-state index is -1.17. The normalized spacial score (nSPS) is 12.1. The van der Waals surface area contributed by atoms with Crippen molar-refractivity contribution in [3.8, 4) is 0 Å². The molecule has 0 rings (SSSR count). The fraction of sp³-hybridized carbons (Fsp3) is 0.682. The predicted molar refractivity (Wildman–Crippen MR) is 154 cm³/mol. The van der Waals surface area contributed by atoms with Gasteiger partial charge in [-0.2, -0.15) is 0 Å². The third kappa shape index (κ3) is 51.1. The van der Waals surface area contributed by atoms with E-state index in [0.29, 0.717) is 32.4 Å². The summed E-state index contributed by atoms with van der Waals surface area (Å²) in [7, 11) is 0. The SMILES string of the molecule is CC(N)C(=O)O.N=C(N)NCCCC(N)C(=O)O.NCC(=O)O.NCCCCC(N)C(=O)O.N[C@@H](CCC(=O)O)C(=O)O. The molecule has 254 valence electrons. The lowest BCUT2D eigenvalue weighted by Gasteiger charge is -2.06. The third-order valence-corrected chi connectivity index (χ3v) is 4.16. The maximum atomic E-state index is 10.2. The van der Waals surface area contributed by atoms with Crippen LogP contribution >= 0.6 is 0 Å². The second-order valence-electron chi connectivity index (χ2n) is 8.26. The van der Waals surface area contributed by atoms with Crippen LogP contribution in [0, 0.1) is 5.41 Å². The van der Waals surface area contributed by atoms with Crippen LogP contribution in [0.15, 0.2) is 0 Å². The first-order chi connectivity index (χ1) is 19.7. The summed E-state index contributed by atoms with van der Waals surface area (Å²) in [5.74, 6) is -6.17. The zero-order valence-corrected chi connectivity index (χ0v) is 24.1. The Hall–Kier alpha value is -4.15. The van der Waals surface area contributed by atoms with Gasteiger partial charge in [-0.3, -0.25) is 34.2 Å². The number of hydrogen-bond acceptors (Lipinski definition) is 13. The van der Waals surface area contributed by atoms with Crippen molar-refractivity contribution in [1.29, 1.82) is 5.41 Å². The molecule has 0 aliphatic rings. The standard InChI is InChI=1S/C6H14N4O2.C6H14N2O2.C5H9NO4.C3H7NO2.C2H5NO2/c7-4(5(11)12)2-1-3-10-6(8)9;7-4-2-1-3-5(8)6(9)10;6-3(5(9)10)1-2-4(7)8;1-2(4)3(5)6;3-1-2(4)5/h4H,1-3,7H2,(H,11,12)(H4,8,9,10);5H,1-4,7-8H2,(H,9,10);3H,1-2,6H2,(H,7,8)(H,9,10);2H,4H2,1H3,(H,5,6);1,3H2,(H,4,5)/t;;3-;;/m..0../s1. The Balaban J connectivity index is -0.000000144. The van der Waals surface area contributed by atoms with Crippen molar-refractivity contribution in [2.75, 3.05) is 19.6 Å². The second-order valence-corrected chi connectivity index (χ2v) is 8.26. The van der Waals surface area contributed by atoms with E-state index in [4.69, 9.17) is 70.5 Å². The van der Waals surface area contributed by atoms with Gasteiger partial charge in [0.15, 0.2) is 5.96 Å². The molecule has 21 nitrogen and oxygen atoms in total. The first-order valence-corrected chi connectivity index (χ1v) is 12.5. The van der Waals surface area contributed by atoms with Crippen LogP contribution in [0.5, 0.6) is 0 Å². The molecule has 3 unspecified atom stereocenters. The molecule has 0 bridgehead atoms. The molecule has 0 radical (unpaired) electrons. The number of aliphatic carboxylic acids is 6. The molecule has 22 N–H and O–H groups in total. The van der Waals surface area contributed by atoms with Gasteiger partial charge in [0.1, 0.15) is 24.2 Å². The molecular weight excluding hydrogens is 582 g/mol. The van der Waals surface area contributed by atoms with E-state index in [9.17, 15) is 28.8 Å². The topological polar surface area (TPSA) is 442 Å². The van der Waals surface area contributed by atoms with Gasteiger partial charge in [0.25, 0.3) is 0 Å². The predicted octanol–water partition coefficient (Wildman–Crippen LogP) is -4.10. The number of nitrogens with one attached hydrogen (secondary N) is 2. The number of carbonyl (C=O) groups is 6. The molecule has 0 aliphatic heterocycles. The highest BCUT2D eigenvalue weighted by molar-refractivity contribution is 5.75. The molecule has 21 heteroatoms. The summed E-state index contributed by atoms with van der Waals surface area (Å²) in [5.41, 5.74) is 35.0. The first-order valence-electron chi connectivity index (χ1n) is 12.5. The van der Waals surface area contributed by atoms with Crippen molar-refractivity contribution < 1.29 is 59.4 Å². The molecule has 0 amide bonds. The summed E-state index contributed by atoms with van der Waals surface area (Å²) in [6.07, 6.45) is 2.91. The molecule has 0 aromatic heterocycles. The lowest BCUT2D eigenvalue weighted by molar-refractivity contribution is -0.141. The Morgan fingerprint density at radius 1 is 0.651 bits per heavy atom. The van der Waals surface area contributed by atoms with E-state index < -0.39 is 60.0 Å². The highest BCUT2D eigenvalue weighted by atomic mass is 16.4. The lowest BCUT2D eigenvalue weighted by atomic mass is 10.1. The van der Waals surface area contributed by atoms with Crippen LogP contribution in [0.1, 0.15) is 51.9 Å². The monoisotopic (exact) mass is 631 g/mol. The minimum Gasteiger partial charge on any atom is -0.481 e. The average molecular weight is 632 g/mol. The van der Waals surface area contributed by atoms with Gasteiger partial charge in [0, 0.05) is 13.0 Å². The smallest absolute Gasteiger partial charge is 0.320 e. The molecule has 4 atom stereocenters. The summed E-state index contributed by atoms with van der Waals surface area (Å²) in [4.78, 5) is 59.0. The van der Waals surface area contributed by atoms with E-state index in [1.54, 1.807) is 0 Å². The van der Waals surface area contributed by atoms with E-state index in [2.05, 4.69) is 11.1 Å². The van der Waals surface area contributed by atoms with Crippen molar-refractivity contribution in [1.82, 2.24) is 5.32 Å². The number of unbranched alkanes of at least 4 members (excludes halogenated alkanes) is 1. The van der Waals surface area contributed by atoms with E-state index in [0.717, 1.165) is 12.8 Å². The molecule has 0 heterocycles. The van der Waals surface area contributed by atoms with Crippen LogP contribution in [-0.4, -0.2) is 116 Å². The summed E-state index contributed by atoms with van der Waals surface area (Å²) >= 11 is 0. The fourth-order valence-corrected chi connectivity index (χ4v) is 1.70. The minimum absolute atomic E-state index is 0.0231. The Kier molecular flexibility index (Phi) is 36.6. The molecule has 0 spiro atoms. The molecule has 0 saturated carbocycles. The molecule has 0 aromatic rings. The van der Waals surface area contributed by atoms with Gasteiger partial charge >= 0.3 is 35.8 Å². The summed E-state index contributed by atoms with van der Waals surface area (Å²) < 4.78 is 0. The van der Waals surface area contributed by atoms with Gasteiger partial charge < -0.3 is 76.1 Å². The quantitative estimate of drug-likeness (QED) is 0.0437. The van der Waals surface area contributed by atoms with E-state index in [1.165, 1.54) is 6.92 Å². The average Bonchev–Trinajstić information content (AvgIpc) is 2.90. The van der Waals surface area contributed by atoms with Crippen molar-refractivity contribution in [2.24, 2.45) is 40.1 Å². The van der Waals surface area contributed by atoms with Gasteiger partial charge in [0.2, 0.25) is 0 Å². The number of carboxylic acid groups (broad SMARTS) is 6. The molecular formula is C22H49N9O12. The van der Waals surface area contributed by atoms with Crippen LogP contribution in [0.25, 0.3) is 0 Å². The number of carboxylic acids is 6. The third-order valence-electron chi connectivity index (χ3n) is 4.16. The number of hydrogen-bond donors (Lipinski definition) is 15.